The summed E-state index contributed by atoms with van der Waals surface area (Å²) in [6, 6.07) is 0.648. The first-order valence-corrected chi connectivity index (χ1v) is 7.22. The third kappa shape index (κ3) is 3.95. The van der Waals surface area contributed by atoms with E-state index in [2.05, 4.69) is 11.8 Å². The number of hydrogen-bond acceptors (Lipinski definition) is 3. The molecule has 4 heteroatoms. The Kier molecular flexibility index (Phi) is 5.01. The van der Waals surface area contributed by atoms with E-state index < -0.39 is 5.97 Å². The molecule has 2 fully saturated rings. The Morgan fingerprint density at radius 2 is 2.17 bits per heavy atom. The first-order valence-electron chi connectivity index (χ1n) is 7.22. The van der Waals surface area contributed by atoms with Crippen molar-refractivity contribution >= 4 is 5.97 Å². The van der Waals surface area contributed by atoms with Gasteiger partial charge in [0.25, 0.3) is 0 Å². The fourth-order valence-electron chi connectivity index (χ4n) is 3.22. The van der Waals surface area contributed by atoms with Crippen molar-refractivity contribution in [3.63, 3.8) is 0 Å². The molecule has 1 saturated heterocycles. The van der Waals surface area contributed by atoms with Crippen molar-refractivity contribution in [1.29, 1.82) is 0 Å². The van der Waals surface area contributed by atoms with Crippen molar-refractivity contribution in [2.45, 2.75) is 57.6 Å². The van der Waals surface area contributed by atoms with E-state index in [-0.39, 0.29) is 12.5 Å². The molecule has 0 amide bonds. The fraction of sp³-hybridized carbons (Fsp3) is 0.929. The maximum absolute atomic E-state index is 10.7. The second-order valence-electron chi connectivity index (χ2n) is 5.85. The first-order chi connectivity index (χ1) is 8.65. The Balaban J connectivity index is 1.85. The van der Waals surface area contributed by atoms with Gasteiger partial charge in [-0.3, -0.25) is 9.69 Å². The first kappa shape index (κ1) is 13.8. The molecule has 1 aliphatic heterocycles. The van der Waals surface area contributed by atoms with Crippen LogP contribution in [0.25, 0.3) is 0 Å². The minimum absolute atomic E-state index is 0.114. The number of rotatable bonds is 3. The van der Waals surface area contributed by atoms with E-state index in [1.807, 2.05) is 0 Å². The summed E-state index contributed by atoms with van der Waals surface area (Å²) >= 11 is 0. The molecule has 1 aliphatic carbocycles. The minimum atomic E-state index is -0.753. The zero-order chi connectivity index (χ0) is 13.0. The van der Waals surface area contributed by atoms with Gasteiger partial charge in [-0.25, -0.2) is 0 Å². The number of carboxylic acid groups (broad SMARTS) is 1. The van der Waals surface area contributed by atoms with Gasteiger partial charge in [0.1, 0.15) is 0 Å². The van der Waals surface area contributed by atoms with Crippen LogP contribution < -0.4 is 0 Å². The summed E-state index contributed by atoms with van der Waals surface area (Å²) in [7, 11) is 0. The highest BCUT2D eigenvalue weighted by Gasteiger charge is 2.28. The van der Waals surface area contributed by atoms with Crippen LogP contribution in [-0.2, 0) is 9.53 Å². The van der Waals surface area contributed by atoms with Gasteiger partial charge in [0.15, 0.2) is 0 Å². The molecular formula is C14H25NO3. The number of carboxylic acids is 1. The molecule has 1 N–H and O–H groups in total. The van der Waals surface area contributed by atoms with Crippen molar-refractivity contribution in [3.05, 3.63) is 0 Å². The summed E-state index contributed by atoms with van der Waals surface area (Å²) in [6.07, 6.45) is 6.53. The topological polar surface area (TPSA) is 49.8 Å². The highest BCUT2D eigenvalue weighted by molar-refractivity contribution is 5.67. The second-order valence-corrected chi connectivity index (χ2v) is 5.85. The SMILES string of the molecule is CC1CCCC(N2CCOC(CC(=O)O)C2)CC1. The summed E-state index contributed by atoms with van der Waals surface area (Å²) in [6.45, 7) is 4.79. The summed E-state index contributed by atoms with van der Waals surface area (Å²) in [4.78, 5) is 13.2. The average Bonchev–Trinajstić information content (AvgIpc) is 2.53. The average molecular weight is 255 g/mol. The lowest BCUT2D eigenvalue weighted by molar-refractivity contribution is -0.142. The molecule has 4 nitrogen and oxygen atoms in total. The number of aliphatic carboxylic acids is 1. The molecule has 2 rings (SSSR count). The van der Waals surface area contributed by atoms with Gasteiger partial charge in [0.05, 0.1) is 19.1 Å². The highest BCUT2D eigenvalue weighted by Crippen LogP contribution is 2.27. The Hall–Kier alpha value is -0.610. The largest absolute Gasteiger partial charge is 0.481 e. The molecule has 0 aromatic carbocycles. The maximum Gasteiger partial charge on any atom is 0.306 e. The zero-order valence-electron chi connectivity index (χ0n) is 11.3. The van der Waals surface area contributed by atoms with Crippen molar-refractivity contribution < 1.29 is 14.6 Å². The monoisotopic (exact) mass is 255 g/mol. The van der Waals surface area contributed by atoms with Gasteiger partial charge in [-0.15, -0.1) is 0 Å². The van der Waals surface area contributed by atoms with Crippen LogP contribution >= 0.6 is 0 Å². The minimum Gasteiger partial charge on any atom is -0.481 e. The number of ether oxygens (including phenoxy) is 1. The summed E-state index contributed by atoms with van der Waals surface area (Å²) in [5, 5.41) is 8.84. The quantitative estimate of drug-likeness (QED) is 0.785. The van der Waals surface area contributed by atoms with Crippen LogP contribution in [0, 0.1) is 5.92 Å². The van der Waals surface area contributed by atoms with E-state index in [4.69, 9.17) is 9.84 Å². The molecule has 3 atom stereocenters. The van der Waals surface area contributed by atoms with Crippen LogP contribution in [-0.4, -0.2) is 47.8 Å². The van der Waals surface area contributed by atoms with Crippen LogP contribution in [0.2, 0.25) is 0 Å². The molecule has 104 valence electrons. The van der Waals surface area contributed by atoms with Gasteiger partial charge in [0.2, 0.25) is 0 Å². The zero-order valence-corrected chi connectivity index (χ0v) is 11.3. The van der Waals surface area contributed by atoms with Crippen LogP contribution in [0.15, 0.2) is 0 Å². The molecular weight excluding hydrogens is 230 g/mol. The van der Waals surface area contributed by atoms with E-state index >= 15 is 0 Å². The van der Waals surface area contributed by atoms with E-state index in [0.717, 1.165) is 19.0 Å². The van der Waals surface area contributed by atoms with Crippen LogP contribution in [0.5, 0.6) is 0 Å². The normalized spacial score (nSPS) is 35.1. The Morgan fingerprint density at radius 1 is 1.33 bits per heavy atom. The number of morpholine rings is 1. The standard InChI is InChI=1S/C14H25NO3/c1-11-3-2-4-12(6-5-11)15-7-8-18-13(10-15)9-14(16)17/h11-13H,2-10H2,1H3,(H,16,17). The Bertz CT molecular complexity index is 282. The highest BCUT2D eigenvalue weighted by atomic mass is 16.5. The molecule has 0 bridgehead atoms. The lowest BCUT2D eigenvalue weighted by atomic mass is 10.0. The number of carbonyl (C=O) groups is 1. The van der Waals surface area contributed by atoms with Gasteiger partial charge in [-0.2, -0.15) is 0 Å². The van der Waals surface area contributed by atoms with E-state index in [9.17, 15) is 4.79 Å². The van der Waals surface area contributed by atoms with Gasteiger partial charge < -0.3 is 9.84 Å². The van der Waals surface area contributed by atoms with Gasteiger partial charge in [-0.1, -0.05) is 19.8 Å². The van der Waals surface area contributed by atoms with Crippen molar-refractivity contribution in [2.24, 2.45) is 5.92 Å². The molecule has 0 aromatic rings. The lowest BCUT2D eigenvalue weighted by Crippen LogP contribution is -2.48. The molecule has 0 aromatic heterocycles. The molecule has 18 heavy (non-hydrogen) atoms. The molecule has 0 radical (unpaired) electrons. The molecule has 2 aliphatic rings. The lowest BCUT2D eigenvalue weighted by Gasteiger charge is -2.37. The number of hydrogen-bond donors (Lipinski definition) is 1. The predicted octanol–water partition coefficient (Wildman–Crippen LogP) is 2.13. The van der Waals surface area contributed by atoms with Gasteiger partial charge in [0, 0.05) is 19.1 Å². The van der Waals surface area contributed by atoms with Gasteiger partial charge in [-0.05, 0) is 25.2 Å². The van der Waals surface area contributed by atoms with Crippen molar-refractivity contribution in [2.75, 3.05) is 19.7 Å². The molecule has 0 spiro atoms. The summed E-state index contributed by atoms with van der Waals surface area (Å²) in [5.74, 6) is 0.0993. The predicted molar refractivity (Wildman–Crippen MR) is 69.6 cm³/mol. The van der Waals surface area contributed by atoms with E-state index in [1.54, 1.807) is 0 Å². The van der Waals surface area contributed by atoms with E-state index in [0.29, 0.717) is 12.6 Å². The Labute approximate surface area is 109 Å². The van der Waals surface area contributed by atoms with Crippen molar-refractivity contribution in [3.8, 4) is 0 Å². The smallest absolute Gasteiger partial charge is 0.306 e. The van der Waals surface area contributed by atoms with Crippen LogP contribution in [0.4, 0.5) is 0 Å². The third-order valence-electron chi connectivity index (χ3n) is 4.32. The van der Waals surface area contributed by atoms with Crippen molar-refractivity contribution in [1.82, 2.24) is 4.90 Å². The Morgan fingerprint density at radius 3 is 2.94 bits per heavy atom. The molecule has 1 saturated carbocycles. The third-order valence-corrected chi connectivity index (χ3v) is 4.32. The maximum atomic E-state index is 10.7. The number of nitrogens with zero attached hydrogens (tertiary/aromatic N) is 1. The van der Waals surface area contributed by atoms with Crippen LogP contribution in [0.1, 0.15) is 45.4 Å². The summed E-state index contributed by atoms with van der Waals surface area (Å²) in [5.41, 5.74) is 0. The molecule has 3 unspecified atom stereocenters. The molecule has 1 heterocycles. The fourth-order valence-corrected chi connectivity index (χ4v) is 3.22. The van der Waals surface area contributed by atoms with Gasteiger partial charge >= 0.3 is 5.97 Å². The van der Waals surface area contributed by atoms with Crippen LogP contribution in [0.3, 0.4) is 0 Å². The second kappa shape index (κ2) is 6.53. The summed E-state index contributed by atoms with van der Waals surface area (Å²) < 4.78 is 5.54. The van der Waals surface area contributed by atoms with E-state index in [1.165, 1.54) is 32.1 Å².